The minimum absolute atomic E-state index is 0.0278. The molecule has 0 aliphatic heterocycles. The Hall–Kier alpha value is -1.63. The number of halogens is 1. The molecule has 1 rings (SSSR count). The van der Waals surface area contributed by atoms with Crippen molar-refractivity contribution in [3.8, 4) is 0 Å². The summed E-state index contributed by atoms with van der Waals surface area (Å²) in [5, 5.41) is 8.96. The van der Waals surface area contributed by atoms with Gasteiger partial charge in [0.15, 0.2) is 0 Å². The van der Waals surface area contributed by atoms with Gasteiger partial charge in [-0.25, -0.2) is 17.6 Å². The number of para-hydroxylation sites is 1. The summed E-state index contributed by atoms with van der Waals surface area (Å²) in [4.78, 5) is 12.3. The molecule has 0 unspecified atom stereocenters. The number of rotatable bonds is 5. The van der Waals surface area contributed by atoms with Gasteiger partial charge in [-0.2, -0.15) is 0 Å². The van der Waals surface area contributed by atoms with Gasteiger partial charge in [0.1, 0.15) is 15.7 Å². The fraction of sp³-hybridized carbons (Fsp3) is 0.364. The predicted molar refractivity (Wildman–Crippen MR) is 66.3 cm³/mol. The number of nitrogens with zero attached hydrogens (tertiary/aromatic N) is 1. The molecular weight excluding hydrogens is 261 g/mol. The van der Waals surface area contributed by atoms with E-state index in [-0.39, 0.29) is 23.5 Å². The number of sulfone groups is 1. The number of hydrogen-bond acceptors (Lipinski definition) is 4. The molecule has 1 aromatic carbocycles. The number of carbonyl (C=O) groups is 1. The van der Waals surface area contributed by atoms with E-state index < -0.39 is 21.6 Å². The van der Waals surface area contributed by atoms with Gasteiger partial charge in [0.2, 0.25) is 0 Å². The summed E-state index contributed by atoms with van der Waals surface area (Å²) in [7, 11) is -1.73. The summed E-state index contributed by atoms with van der Waals surface area (Å²) in [6.45, 7) is 0.0278. The average Bonchev–Trinajstić information content (AvgIpc) is 2.24. The maximum atomic E-state index is 13.6. The standard InChI is InChI=1S/C11H14FNO4S/c1-13(6-7-18(2,16)17)10-8(11(14)15)4-3-5-9(10)12/h3-5H,6-7H2,1-2H3,(H,14,15). The molecule has 0 heterocycles. The Morgan fingerprint density at radius 2 is 2.06 bits per heavy atom. The van der Waals surface area contributed by atoms with Gasteiger partial charge in [-0.15, -0.1) is 0 Å². The van der Waals surface area contributed by atoms with Crippen LogP contribution in [0, 0.1) is 5.82 Å². The van der Waals surface area contributed by atoms with Crippen molar-refractivity contribution in [2.45, 2.75) is 0 Å². The lowest BCUT2D eigenvalue weighted by Crippen LogP contribution is -2.27. The van der Waals surface area contributed by atoms with E-state index in [0.29, 0.717) is 0 Å². The summed E-state index contributed by atoms with van der Waals surface area (Å²) < 4.78 is 35.7. The lowest BCUT2D eigenvalue weighted by molar-refractivity contribution is 0.0697. The van der Waals surface area contributed by atoms with Crippen LogP contribution in [0.1, 0.15) is 10.4 Å². The quantitative estimate of drug-likeness (QED) is 0.868. The molecule has 0 atom stereocenters. The Labute approximate surface area is 105 Å². The first-order chi connectivity index (χ1) is 8.22. The zero-order chi connectivity index (χ0) is 13.9. The van der Waals surface area contributed by atoms with Gasteiger partial charge in [0.25, 0.3) is 0 Å². The molecule has 0 aromatic heterocycles. The number of aromatic carboxylic acids is 1. The molecule has 5 nitrogen and oxygen atoms in total. The Kier molecular flexibility index (Phi) is 4.28. The largest absolute Gasteiger partial charge is 0.478 e. The Bertz CT molecular complexity index is 556. The third-order valence-electron chi connectivity index (χ3n) is 2.40. The third kappa shape index (κ3) is 3.69. The molecule has 0 fully saturated rings. The summed E-state index contributed by atoms with van der Waals surface area (Å²) in [5.74, 6) is -2.11. The molecule has 1 aromatic rings. The number of carboxylic acids is 1. The highest BCUT2D eigenvalue weighted by molar-refractivity contribution is 7.90. The monoisotopic (exact) mass is 275 g/mol. The summed E-state index contributed by atoms with van der Waals surface area (Å²) in [5.41, 5.74) is -0.292. The van der Waals surface area contributed by atoms with Crippen LogP contribution < -0.4 is 4.90 Å². The van der Waals surface area contributed by atoms with Gasteiger partial charge in [0.05, 0.1) is 17.0 Å². The van der Waals surface area contributed by atoms with Gasteiger partial charge in [-0.05, 0) is 12.1 Å². The predicted octanol–water partition coefficient (Wildman–Crippen LogP) is 1.00. The van der Waals surface area contributed by atoms with Crippen LogP contribution in [0.25, 0.3) is 0 Å². The molecular formula is C11H14FNO4S. The summed E-state index contributed by atoms with van der Waals surface area (Å²) >= 11 is 0. The molecule has 0 saturated heterocycles. The van der Waals surface area contributed by atoms with Crippen molar-refractivity contribution in [3.63, 3.8) is 0 Å². The van der Waals surface area contributed by atoms with Crippen LogP contribution >= 0.6 is 0 Å². The number of hydrogen-bond donors (Lipinski definition) is 1. The van der Waals surface area contributed by atoms with Gasteiger partial charge < -0.3 is 10.0 Å². The zero-order valence-electron chi connectivity index (χ0n) is 10.1. The van der Waals surface area contributed by atoms with Crippen LogP contribution in [0.2, 0.25) is 0 Å². The molecule has 0 bridgehead atoms. The minimum atomic E-state index is -3.18. The second-order valence-electron chi connectivity index (χ2n) is 3.99. The topological polar surface area (TPSA) is 74.7 Å². The maximum Gasteiger partial charge on any atom is 0.337 e. The maximum absolute atomic E-state index is 13.6. The summed E-state index contributed by atoms with van der Waals surface area (Å²) in [6.07, 6.45) is 1.07. The molecule has 0 amide bonds. The zero-order valence-corrected chi connectivity index (χ0v) is 10.9. The van der Waals surface area contributed by atoms with E-state index in [1.54, 1.807) is 0 Å². The molecule has 0 radical (unpaired) electrons. The Balaban J connectivity index is 3.04. The SMILES string of the molecule is CN(CCS(C)(=O)=O)c1c(F)cccc1C(=O)O. The van der Waals surface area contributed by atoms with E-state index in [9.17, 15) is 17.6 Å². The number of anilines is 1. The first-order valence-corrected chi connectivity index (χ1v) is 7.19. The van der Waals surface area contributed by atoms with Crippen LogP contribution in [0.15, 0.2) is 18.2 Å². The van der Waals surface area contributed by atoms with E-state index in [2.05, 4.69) is 0 Å². The van der Waals surface area contributed by atoms with E-state index in [4.69, 9.17) is 5.11 Å². The molecule has 0 aliphatic rings. The van der Waals surface area contributed by atoms with Gasteiger partial charge in [-0.3, -0.25) is 0 Å². The number of benzene rings is 1. The van der Waals surface area contributed by atoms with Crippen LogP contribution in [0.5, 0.6) is 0 Å². The van der Waals surface area contributed by atoms with Gasteiger partial charge >= 0.3 is 5.97 Å². The van der Waals surface area contributed by atoms with Crippen molar-refractivity contribution in [2.24, 2.45) is 0 Å². The van der Waals surface area contributed by atoms with Crippen LogP contribution in [0.3, 0.4) is 0 Å². The molecule has 0 spiro atoms. The second-order valence-corrected chi connectivity index (χ2v) is 6.25. The second kappa shape index (κ2) is 5.34. The molecule has 100 valence electrons. The molecule has 18 heavy (non-hydrogen) atoms. The average molecular weight is 275 g/mol. The van der Waals surface area contributed by atoms with Crippen molar-refractivity contribution in [1.29, 1.82) is 0 Å². The summed E-state index contributed by atoms with van der Waals surface area (Å²) in [6, 6.07) is 3.71. The Morgan fingerprint density at radius 1 is 1.44 bits per heavy atom. The van der Waals surface area contributed by atoms with E-state index in [0.717, 1.165) is 12.3 Å². The van der Waals surface area contributed by atoms with Crippen molar-refractivity contribution < 1.29 is 22.7 Å². The van der Waals surface area contributed by atoms with Crippen molar-refractivity contribution in [2.75, 3.05) is 30.5 Å². The van der Waals surface area contributed by atoms with Gasteiger partial charge in [0, 0.05) is 19.8 Å². The highest BCUT2D eigenvalue weighted by Gasteiger charge is 2.18. The van der Waals surface area contributed by atoms with Crippen LogP contribution in [-0.4, -0.2) is 45.1 Å². The van der Waals surface area contributed by atoms with Gasteiger partial charge in [-0.1, -0.05) is 6.07 Å². The molecule has 1 N–H and O–H groups in total. The minimum Gasteiger partial charge on any atom is -0.478 e. The van der Waals surface area contributed by atoms with E-state index >= 15 is 0 Å². The first kappa shape index (κ1) is 14.4. The first-order valence-electron chi connectivity index (χ1n) is 5.13. The molecule has 0 aliphatic carbocycles. The normalized spacial score (nSPS) is 11.3. The molecule has 7 heteroatoms. The smallest absolute Gasteiger partial charge is 0.337 e. The highest BCUT2D eigenvalue weighted by Crippen LogP contribution is 2.23. The number of carboxylic acid groups (broad SMARTS) is 1. The lowest BCUT2D eigenvalue weighted by atomic mass is 10.1. The fourth-order valence-electron chi connectivity index (χ4n) is 1.49. The highest BCUT2D eigenvalue weighted by atomic mass is 32.2. The van der Waals surface area contributed by atoms with E-state index in [1.807, 2.05) is 0 Å². The van der Waals surface area contributed by atoms with Crippen LogP contribution in [0.4, 0.5) is 10.1 Å². The fourth-order valence-corrected chi connectivity index (χ4v) is 2.10. The van der Waals surface area contributed by atoms with Crippen molar-refractivity contribution in [1.82, 2.24) is 0 Å². The van der Waals surface area contributed by atoms with Crippen molar-refractivity contribution in [3.05, 3.63) is 29.6 Å². The van der Waals surface area contributed by atoms with Crippen molar-refractivity contribution >= 4 is 21.5 Å². The Morgan fingerprint density at radius 3 is 2.56 bits per heavy atom. The van der Waals surface area contributed by atoms with E-state index in [1.165, 1.54) is 24.1 Å². The third-order valence-corrected chi connectivity index (χ3v) is 3.32. The van der Waals surface area contributed by atoms with Crippen LogP contribution in [-0.2, 0) is 9.84 Å². The molecule has 0 saturated carbocycles. The lowest BCUT2D eigenvalue weighted by Gasteiger charge is -2.21.